The van der Waals surface area contributed by atoms with E-state index >= 15 is 0 Å². The Hall–Kier alpha value is -0.770. The van der Waals surface area contributed by atoms with Gasteiger partial charge >= 0.3 is 0 Å². The molecule has 2 N–H and O–H groups in total. The van der Waals surface area contributed by atoms with E-state index in [1.54, 1.807) is 12.1 Å². The molecule has 1 saturated heterocycles. The van der Waals surface area contributed by atoms with Gasteiger partial charge in [0.2, 0.25) is 0 Å². The van der Waals surface area contributed by atoms with Gasteiger partial charge in [-0.3, -0.25) is 4.90 Å². The van der Waals surface area contributed by atoms with Gasteiger partial charge in [0, 0.05) is 29.7 Å². The number of phenolic OH excluding ortho intramolecular Hbond substituents is 1. The van der Waals surface area contributed by atoms with Crippen LogP contribution in [0.4, 0.5) is 0 Å². The van der Waals surface area contributed by atoms with Gasteiger partial charge in [-0.05, 0) is 38.6 Å². The van der Waals surface area contributed by atoms with E-state index in [2.05, 4.69) is 10.2 Å². The molecular formula is C14H21ClN2O. The van der Waals surface area contributed by atoms with Crippen molar-refractivity contribution in [1.82, 2.24) is 10.2 Å². The van der Waals surface area contributed by atoms with Gasteiger partial charge in [-0.1, -0.05) is 24.1 Å². The monoisotopic (exact) mass is 268 g/mol. The zero-order valence-electron chi connectivity index (χ0n) is 10.8. The molecule has 1 atom stereocenters. The summed E-state index contributed by atoms with van der Waals surface area (Å²) < 4.78 is 0. The number of rotatable bonds is 4. The van der Waals surface area contributed by atoms with Gasteiger partial charge in [0.1, 0.15) is 5.75 Å². The Kier molecular flexibility index (Phi) is 4.87. The molecule has 1 heterocycles. The van der Waals surface area contributed by atoms with Gasteiger partial charge in [-0.2, -0.15) is 0 Å². The molecular weight excluding hydrogens is 248 g/mol. The fourth-order valence-electron chi connectivity index (χ4n) is 2.64. The highest BCUT2D eigenvalue weighted by Crippen LogP contribution is 2.29. The molecule has 1 aromatic rings. The molecule has 0 aliphatic carbocycles. The highest BCUT2D eigenvalue weighted by Gasteiger charge is 2.23. The quantitative estimate of drug-likeness (QED) is 0.881. The lowest BCUT2D eigenvalue weighted by Gasteiger charge is -2.36. The lowest BCUT2D eigenvalue weighted by Crippen LogP contribution is -2.44. The molecule has 100 valence electrons. The third-order valence-electron chi connectivity index (χ3n) is 3.64. The number of likely N-dealkylation sites (tertiary alicyclic amines) is 1. The fourth-order valence-corrected chi connectivity index (χ4v) is 2.87. The van der Waals surface area contributed by atoms with Crippen molar-refractivity contribution >= 4 is 11.6 Å². The number of phenols is 1. The van der Waals surface area contributed by atoms with Crippen LogP contribution in [0.5, 0.6) is 5.75 Å². The predicted molar refractivity (Wildman–Crippen MR) is 75.1 cm³/mol. The number of nitrogens with one attached hydrogen (secondary N) is 1. The summed E-state index contributed by atoms with van der Waals surface area (Å²) in [6.07, 6.45) is 3.73. The van der Waals surface area contributed by atoms with Gasteiger partial charge in [0.05, 0.1) is 0 Å². The van der Waals surface area contributed by atoms with Crippen LogP contribution in [-0.2, 0) is 6.54 Å². The minimum atomic E-state index is 0.302. The van der Waals surface area contributed by atoms with Crippen LogP contribution < -0.4 is 5.32 Å². The first-order valence-corrected chi connectivity index (χ1v) is 6.95. The van der Waals surface area contributed by atoms with Crippen LogP contribution in [0.25, 0.3) is 0 Å². The van der Waals surface area contributed by atoms with Crippen molar-refractivity contribution in [1.29, 1.82) is 0 Å². The molecule has 1 aromatic carbocycles. The Morgan fingerprint density at radius 1 is 1.44 bits per heavy atom. The van der Waals surface area contributed by atoms with E-state index in [-0.39, 0.29) is 0 Å². The molecule has 0 amide bonds. The molecule has 0 radical (unpaired) electrons. The van der Waals surface area contributed by atoms with E-state index in [9.17, 15) is 5.11 Å². The van der Waals surface area contributed by atoms with Gasteiger partial charge in [-0.15, -0.1) is 0 Å². The second-order valence-corrected chi connectivity index (χ2v) is 5.32. The number of nitrogens with zero attached hydrogens (tertiary/aromatic N) is 1. The molecule has 0 spiro atoms. The molecule has 1 unspecified atom stereocenters. The van der Waals surface area contributed by atoms with E-state index < -0.39 is 0 Å². The Balaban J connectivity index is 2.11. The van der Waals surface area contributed by atoms with Crippen LogP contribution in [0.1, 0.15) is 24.8 Å². The van der Waals surface area contributed by atoms with Gasteiger partial charge < -0.3 is 10.4 Å². The van der Waals surface area contributed by atoms with Crippen molar-refractivity contribution < 1.29 is 5.11 Å². The zero-order valence-corrected chi connectivity index (χ0v) is 11.6. The summed E-state index contributed by atoms with van der Waals surface area (Å²) in [7, 11) is 1.99. The second-order valence-electron chi connectivity index (χ2n) is 4.92. The summed E-state index contributed by atoms with van der Waals surface area (Å²) in [5.74, 6) is 0.302. The number of aromatic hydroxyl groups is 1. The minimum absolute atomic E-state index is 0.302. The summed E-state index contributed by atoms with van der Waals surface area (Å²) in [5.41, 5.74) is 0.849. The highest BCUT2D eigenvalue weighted by molar-refractivity contribution is 6.31. The van der Waals surface area contributed by atoms with Crippen LogP contribution >= 0.6 is 11.6 Å². The van der Waals surface area contributed by atoms with E-state index in [0.717, 1.165) is 25.2 Å². The van der Waals surface area contributed by atoms with Gasteiger partial charge in [0.15, 0.2) is 0 Å². The molecule has 2 rings (SSSR count). The van der Waals surface area contributed by atoms with Gasteiger partial charge in [0.25, 0.3) is 0 Å². The average Bonchev–Trinajstić information content (AvgIpc) is 2.36. The SMILES string of the molecule is CNCC1CCCCN1Cc1c(O)cccc1Cl. The minimum Gasteiger partial charge on any atom is -0.508 e. The number of hydrogen-bond donors (Lipinski definition) is 2. The Morgan fingerprint density at radius 3 is 3.00 bits per heavy atom. The van der Waals surface area contributed by atoms with Crippen molar-refractivity contribution in [2.75, 3.05) is 20.1 Å². The van der Waals surface area contributed by atoms with Crippen molar-refractivity contribution in [3.8, 4) is 5.75 Å². The number of likely N-dealkylation sites (N-methyl/N-ethyl adjacent to an activating group) is 1. The number of halogens is 1. The largest absolute Gasteiger partial charge is 0.508 e. The van der Waals surface area contributed by atoms with Crippen LogP contribution in [0.3, 0.4) is 0 Å². The molecule has 1 aliphatic heterocycles. The summed E-state index contributed by atoms with van der Waals surface area (Å²) >= 11 is 6.17. The third kappa shape index (κ3) is 3.16. The molecule has 0 bridgehead atoms. The summed E-state index contributed by atoms with van der Waals surface area (Å²) in [6.45, 7) is 2.81. The van der Waals surface area contributed by atoms with Crippen LogP contribution in [0.2, 0.25) is 5.02 Å². The van der Waals surface area contributed by atoms with Crippen molar-refractivity contribution in [3.63, 3.8) is 0 Å². The van der Waals surface area contributed by atoms with Crippen molar-refractivity contribution in [2.24, 2.45) is 0 Å². The second kappa shape index (κ2) is 6.41. The first-order valence-electron chi connectivity index (χ1n) is 6.57. The lowest BCUT2D eigenvalue weighted by atomic mass is 10.0. The smallest absolute Gasteiger partial charge is 0.121 e. The van der Waals surface area contributed by atoms with E-state index in [1.165, 1.54) is 19.3 Å². The molecule has 3 nitrogen and oxygen atoms in total. The normalized spacial score (nSPS) is 21.1. The van der Waals surface area contributed by atoms with Crippen LogP contribution in [0, 0.1) is 0 Å². The van der Waals surface area contributed by atoms with Crippen LogP contribution in [0.15, 0.2) is 18.2 Å². The number of hydrogen-bond acceptors (Lipinski definition) is 3. The highest BCUT2D eigenvalue weighted by atomic mass is 35.5. The van der Waals surface area contributed by atoms with E-state index in [4.69, 9.17) is 11.6 Å². The first-order chi connectivity index (χ1) is 8.72. The van der Waals surface area contributed by atoms with Gasteiger partial charge in [-0.25, -0.2) is 0 Å². The summed E-state index contributed by atoms with van der Waals surface area (Å²) in [5, 5.41) is 13.8. The number of piperidine rings is 1. The molecule has 4 heteroatoms. The maximum atomic E-state index is 9.91. The third-order valence-corrected chi connectivity index (χ3v) is 4.00. The Labute approximate surface area is 114 Å². The molecule has 1 fully saturated rings. The average molecular weight is 269 g/mol. The van der Waals surface area contributed by atoms with Crippen molar-refractivity contribution in [2.45, 2.75) is 31.8 Å². The summed E-state index contributed by atoms with van der Waals surface area (Å²) in [4.78, 5) is 2.42. The number of benzene rings is 1. The maximum Gasteiger partial charge on any atom is 0.121 e. The van der Waals surface area contributed by atoms with Crippen molar-refractivity contribution in [3.05, 3.63) is 28.8 Å². The van der Waals surface area contributed by atoms with E-state index in [1.807, 2.05) is 13.1 Å². The Morgan fingerprint density at radius 2 is 2.28 bits per heavy atom. The van der Waals surface area contributed by atoms with E-state index in [0.29, 0.717) is 16.8 Å². The molecule has 0 aromatic heterocycles. The maximum absolute atomic E-state index is 9.91. The zero-order chi connectivity index (χ0) is 13.0. The predicted octanol–water partition coefficient (Wildman–Crippen LogP) is 2.62. The summed E-state index contributed by atoms with van der Waals surface area (Å²) in [6, 6.07) is 5.87. The molecule has 0 saturated carbocycles. The first kappa shape index (κ1) is 13.7. The topological polar surface area (TPSA) is 35.5 Å². The fraction of sp³-hybridized carbons (Fsp3) is 0.571. The Bertz CT molecular complexity index is 375. The lowest BCUT2D eigenvalue weighted by molar-refractivity contribution is 0.138. The molecule has 1 aliphatic rings. The molecule has 18 heavy (non-hydrogen) atoms. The van der Waals surface area contributed by atoms with Crippen LogP contribution in [-0.4, -0.2) is 36.2 Å². The standard InChI is InChI=1S/C14H21ClN2O/c1-16-9-11-5-2-3-8-17(11)10-12-13(15)6-4-7-14(12)18/h4,6-7,11,16,18H,2-3,5,8-10H2,1H3.